The van der Waals surface area contributed by atoms with E-state index in [0.717, 1.165) is 24.3 Å². The first-order chi connectivity index (χ1) is 12.9. The van der Waals surface area contributed by atoms with E-state index in [9.17, 15) is 9.59 Å². The van der Waals surface area contributed by atoms with Gasteiger partial charge in [-0.3, -0.25) is 9.59 Å². The molecule has 1 fully saturated rings. The Morgan fingerprint density at radius 1 is 1.07 bits per heavy atom. The van der Waals surface area contributed by atoms with Gasteiger partial charge in [0.15, 0.2) is 5.82 Å². The molecule has 6 nitrogen and oxygen atoms in total. The van der Waals surface area contributed by atoms with Gasteiger partial charge in [0.1, 0.15) is 6.04 Å². The molecule has 6 heteroatoms. The highest BCUT2D eigenvalue weighted by Crippen LogP contribution is 2.38. The largest absolute Gasteiger partial charge is 0.340 e. The normalized spacial score (nSPS) is 24.8. The van der Waals surface area contributed by atoms with Crippen molar-refractivity contribution in [2.45, 2.75) is 32.7 Å². The number of rotatable bonds is 2. The monoisotopic (exact) mass is 366 g/mol. The average molecular weight is 366 g/mol. The number of hydrogen-bond donors (Lipinski definition) is 0. The Bertz CT molecular complexity index is 912. The molecular weight excluding hydrogens is 340 g/mol. The van der Waals surface area contributed by atoms with Gasteiger partial charge in [-0.2, -0.15) is 5.10 Å². The minimum atomic E-state index is -0.315. The number of anilines is 2. The van der Waals surface area contributed by atoms with Crippen LogP contribution in [-0.4, -0.2) is 39.7 Å². The fourth-order valence-corrected chi connectivity index (χ4v) is 4.54. The quantitative estimate of drug-likeness (QED) is 0.819. The lowest BCUT2D eigenvalue weighted by molar-refractivity contribution is -0.135. The van der Waals surface area contributed by atoms with E-state index < -0.39 is 0 Å². The molecule has 1 aromatic carbocycles. The summed E-state index contributed by atoms with van der Waals surface area (Å²) in [6, 6.07) is 11.0. The first-order valence-electron chi connectivity index (χ1n) is 9.64. The topological polar surface area (TPSA) is 58.4 Å². The summed E-state index contributed by atoms with van der Waals surface area (Å²) in [6.07, 6.45) is 1.83. The number of likely N-dealkylation sites (tertiary alicyclic amines) is 1. The predicted octanol–water partition coefficient (Wildman–Crippen LogP) is 2.35. The maximum absolute atomic E-state index is 13.5. The molecule has 0 spiro atoms. The molecule has 27 heavy (non-hydrogen) atoms. The fraction of sp³-hybridized carbons (Fsp3) is 0.476. The summed E-state index contributed by atoms with van der Waals surface area (Å²) in [7, 11) is 1.64. The van der Waals surface area contributed by atoms with Gasteiger partial charge in [-0.15, -0.1) is 0 Å². The maximum Gasteiger partial charge on any atom is 0.266 e. The van der Waals surface area contributed by atoms with E-state index in [-0.39, 0.29) is 17.5 Å². The molecule has 2 aliphatic rings. The van der Waals surface area contributed by atoms with Crippen molar-refractivity contribution >= 4 is 17.4 Å². The Balaban J connectivity index is 1.71. The summed E-state index contributed by atoms with van der Waals surface area (Å²) in [5, 5.41) is 4.42. The van der Waals surface area contributed by atoms with Crippen molar-refractivity contribution in [2.75, 3.05) is 18.0 Å². The van der Waals surface area contributed by atoms with Crippen LogP contribution in [0.4, 0.5) is 11.5 Å². The van der Waals surface area contributed by atoms with Crippen LogP contribution in [0.2, 0.25) is 0 Å². The van der Waals surface area contributed by atoms with E-state index in [4.69, 9.17) is 0 Å². The number of nitrogens with zero attached hydrogens (tertiary/aromatic N) is 4. The first kappa shape index (κ1) is 17.8. The predicted molar refractivity (Wildman–Crippen MR) is 105 cm³/mol. The van der Waals surface area contributed by atoms with Gasteiger partial charge < -0.3 is 9.80 Å². The van der Waals surface area contributed by atoms with Crippen LogP contribution in [0.15, 0.2) is 41.2 Å². The molecule has 1 amide bonds. The van der Waals surface area contributed by atoms with Gasteiger partial charge >= 0.3 is 0 Å². The van der Waals surface area contributed by atoms with Gasteiger partial charge in [0.2, 0.25) is 5.91 Å². The Hall–Kier alpha value is -2.63. The summed E-state index contributed by atoms with van der Waals surface area (Å²) >= 11 is 0. The fourth-order valence-electron chi connectivity index (χ4n) is 4.54. The van der Waals surface area contributed by atoms with Crippen molar-refractivity contribution in [1.82, 2.24) is 14.7 Å². The van der Waals surface area contributed by atoms with Gasteiger partial charge in [-0.05, 0) is 36.0 Å². The molecule has 142 valence electrons. The van der Waals surface area contributed by atoms with E-state index in [1.54, 1.807) is 13.1 Å². The van der Waals surface area contributed by atoms with Crippen molar-refractivity contribution < 1.29 is 4.79 Å². The summed E-state index contributed by atoms with van der Waals surface area (Å²) in [4.78, 5) is 29.3. The number of aryl methyl sites for hydroxylation is 1. The van der Waals surface area contributed by atoms with Gasteiger partial charge in [-0.1, -0.05) is 32.0 Å². The van der Waals surface area contributed by atoms with E-state index in [2.05, 4.69) is 25.0 Å². The highest BCUT2D eigenvalue weighted by atomic mass is 16.2. The Morgan fingerprint density at radius 3 is 2.48 bits per heavy atom. The van der Waals surface area contributed by atoms with Gasteiger partial charge in [0, 0.05) is 38.3 Å². The van der Waals surface area contributed by atoms with E-state index in [1.807, 2.05) is 28.0 Å². The van der Waals surface area contributed by atoms with Crippen molar-refractivity contribution in [3.63, 3.8) is 0 Å². The number of hydrogen-bond acceptors (Lipinski definition) is 4. The van der Waals surface area contributed by atoms with Gasteiger partial charge in [0.05, 0.1) is 0 Å². The van der Waals surface area contributed by atoms with Crippen LogP contribution in [0.3, 0.4) is 0 Å². The summed E-state index contributed by atoms with van der Waals surface area (Å²) in [5.74, 6) is 1.83. The van der Waals surface area contributed by atoms with Gasteiger partial charge in [-0.25, -0.2) is 4.68 Å². The van der Waals surface area contributed by atoms with Gasteiger partial charge in [0.25, 0.3) is 5.56 Å². The molecular formula is C21H26N4O2. The lowest BCUT2D eigenvalue weighted by atomic mass is 9.91. The minimum Gasteiger partial charge on any atom is -0.340 e. The zero-order valence-electron chi connectivity index (χ0n) is 16.1. The zero-order chi connectivity index (χ0) is 19.1. The highest BCUT2D eigenvalue weighted by Gasteiger charge is 2.39. The molecule has 4 rings (SSSR count). The Labute approximate surface area is 159 Å². The third-order valence-electron chi connectivity index (χ3n) is 5.63. The SMILES string of the molecule is C[C@@H]1C[C@H](C)CN(C(=O)[C@@H]2Cc3ccccc3N2c2ccc(=O)n(C)n2)C1. The molecule has 2 aromatic rings. The van der Waals surface area contributed by atoms with E-state index in [1.165, 1.54) is 17.2 Å². The van der Waals surface area contributed by atoms with E-state index >= 15 is 0 Å². The number of aromatic nitrogens is 2. The molecule has 0 aliphatic carbocycles. The number of carbonyl (C=O) groups is 1. The lowest BCUT2D eigenvalue weighted by Crippen LogP contribution is -2.51. The smallest absolute Gasteiger partial charge is 0.266 e. The standard InChI is InChI=1S/C21H26N4O2/c1-14-10-15(2)13-24(12-14)21(27)18-11-16-6-4-5-7-17(16)25(18)19-8-9-20(26)23(3)22-19/h4-9,14-15,18H,10-13H2,1-3H3/t14-,15+,18-/m0/s1. The molecule has 0 saturated carbocycles. The van der Waals surface area contributed by atoms with Crippen molar-refractivity contribution in [3.8, 4) is 0 Å². The third kappa shape index (κ3) is 3.24. The number of amides is 1. The van der Waals surface area contributed by atoms with Crippen LogP contribution >= 0.6 is 0 Å². The summed E-state index contributed by atoms with van der Waals surface area (Å²) < 4.78 is 1.32. The zero-order valence-corrected chi connectivity index (χ0v) is 16.1. The summed E-state index contributed by atoms with van der Waals surface area (Å²) in [6.45, 7) is 6.05. The number of benzene rings is 1. The summed E-state index contributed by atoms with van der Waals surface area (Å²) in [5.41, 5.74) is 1.98. The second-order valence-corrected chi connectivity index (χ2v) is 8.06. The molecule has 0 bridgehead atoms. The van der Waals surface area contributed by atoms with Crippen LogP contribution in [0.25, 0.3) is 0 Å². The molecule has 3 heterocycles. The molecule has 0 N–H and O–H groups in total. The Kier molecular flexibility index (Phi) is 4.50. The van der Waals surface area contributed by atoms with Crippen LogP contribution in [0, 0.1) is 11.8 Å². The van der Waals surface area contributed by atoms with Crippen molar-refractivity contribution in [1.29, 1.82) is 0 Å². The highest BCUT2D eigenvalue weighted by molar-refractivity contribution is 5.91. The Morgan fingerprint density at radius 2 is 1.78 bits per heavy atom. The first-order valence-corrected chi connectivity index (χ1v) is 9.64. The lowest BCUT2D eigenvalue weighted by Gasteiger charge is -2.38. The van der Waals surface area contributed by atoms with Crippen LogP contribution in [-0.2, 0) is 18.3 Å². The molecule has 3 atom stereocenters. The second kappa shape index (κ2) is 6.83. The van der Waals surface area contributed by atoms with Crippen molar-refractivity contribution in [2.24, 2.45) is 18.9 Å². The number of piperidine rings is 1. The van der Waals surface area contributed by atoms with Crippen molar-refractivity contribution in [3.05, 3.63) is 52.3 Å². The molecule has 1 saturated heterocycles. The molecule has 1 aromatic heterocycles. The maximum atomic E-state index is 13.5. The minimum absolute atomic E-state index is 0.153. The van der Waals surface area contributed by atoms with Crippen LogP contribution < -0.4 is 10.5 Å². The number of carbonyl (C=O) groups excluding carboxylic acids is 1. The van der Waals surface area contributed by atoms with Crippen LogP contribution in [0.5, 0.6) is 0 Å². The molecule has 0 radical (unpaired) electrons. The molecule has 2 aliphatic heterocycles. The molecule has 0 unspecified atom stereocenters. The average Bonchev–Trinajstić information content (AvgIpc) is 3.02. The number of para-hydroxylation sites is 1. The van der Waals surface area contributed by atoms with E-state index in [0.29, 0.717) is 24.1 Å². The number of fused-ring (bicyclic) bond motifs is 1. The van der Waals surface area contributed by atoms with Crippen LogP contribution in [0.1, 0.15) is 25.8 Å². The third-order valence-corrected chi connectivity index (χ3v) is 5.63. The second-order valence-electron chi connectivity index (χ2n) is 8.06.